The summed E-state index contributed by atoms with van der Waals surface area (Å²) in [6.07, 6.45) is -10.1. The number of esters is 1. The second kappa shape index (κ2) is 7.41. The lowest BCUT2D eigenvalue weighted by Gasteiger charge is -2.15. The van der Waals surface area contributed by atoms with Crippen molar-refractivity contribution in [1.82, 2.24) is 5.32 Å². The minimum atomic E-state index is -5.03. The number of alkyl halides is 6. The smallest absolute Gasteiger partial charge is 0.416 e. The van der Waals surface area contributed by atoms with Crippen LogP contribution in [0.1, 0.15) is 18.1 Å². The van der Waals surface area contributed by atoms with Crippen LogP contribution in [-0.2, 0) is 21.9 Å². The number of carbonyl (C=O) groups excluding carboxylic acids is 2. The molecule has 1 aromatic rings. The van der Waals surface area contributed by atoms with Crippen molar-refractivity contribution in [1.29, 1.82) is 0 Å². The van der Waals surface area contributed by atoms with Gasteiger partial charge < -0.3 is 15.4 Å². The molecule has 0 fully saturated rings. The molecule has 2 N–H and O–H groups in total. The zero-order valence-electron chi connectivity index (χ0n) is 12.1. The van der Waals surface area contributed by atoms with Crippen LogP contribution in [0.3, 0.4) is 0 Å². The lowest BCUT2D eigenvalue weighted by molar-refractivity contribution is -0.143. The summed E-state index contributed by atoms with van der Waals surface area (Å²) in [4.78, 5) is 22.5. The van der Waals surface area contributed by atoms with Gasteiger partial charge in [0.2, 0.25) is 0 Å². The first-order valence-electron chi connectivity index (χ1n) is 6.43. The molecule has 0 saturated heterocycles. The third-order valence-corrected chi connectivity index (χ3v) is 2.54. The van der Waals surface area contributed by atoms with E-state index in [4.69, 9.17) is 0 Å². The molecule has 0 saturated carbocycles. The van der Waals surface area contributed by atoms with E-state index >= 15 is 0 Å². The first-order chi connectivity index (χ1) is 10.9. The molecule has 0 aliphatic carbocycles. The molecule has 0 heterocycles. The van der Waals surface area contributed by atoms with Crippen molar-refractivity contribution in [3.63, 3.8) is 0 Å². The van der Waals surface area contributed by atoms with Crippen molar-refractivity contribution in [2.24, 2.45) is 0 Å². The number of ether oxygens (including phenoxy) is 1. The summed E-state index contributed by atoms with van der Waals surface area (Å²) in [5, 5.41) is 3.75. The lowest BCUT2D eigenvalue weighted by atomic mass is 10.1. The van der Waals surface area contributed by atoms with Crippen LogP contribution in [0.15, 0.2) is 18.2 Å². The van der Waals surface area contributed by atoms with Crippen LogP contribution in [0.25, 0.3) is 0 Å². The zero-order chi connectivity index (χ0) is 18.5. The fourth-order valence-corrected chi connectivity index (χ4v) is 1.57. The van der Waals surface area contributed by atoms with Crippen molar-refractivity contribution >= 4 is 17.7 Å². The Bertz CT molecular complexity index is 580. The number of urea groups is 1. The molecule has 0 aromatic heterocycles. The topological polar surface area (TPSA) is 67.4 Å². The van der Waals surface area contributed by atoms with E-state index in [-0.39, 0.29) is 12.7 Å². The van der Waals surface area contributed by atoms with Gasteiger partial charge in [0.15, 0.2) is 0 Å². The minimum absolute atomic E-state index is 0.0463. The Morgan fingerprint density at radius 3 is 1.92 bits per heavy atom. The molecular formula is C13H12F6N2O3. The van der Waals surface area contributed by atoms with Gasteiger partial charge in [0.1, 0.15) is 6.54 Å². The largest absolute Gasteiger partial charge is 0.465 e. The molecular weight excluding hydrogens is 346 g/mol. The summed E-state index contributed by atoms with van der Waals surface area (Å²) < 4.78 is 80.4. The molecule has 134 valence electrons. The van der Waals surface area contributed by atoms with Crippen molar-refractivity contribution < 1.29 is 40.7 Å². The summed E-state index contributed by atoms with van der Waals surface area (Å²) in [5.74, 6) is -0.812. The van der Waals surface area contributed by atoms with E-state index in [0.717, 1.165) is 0 Å². The second-order valence-corrected chi connectivity index (χ2v) is 4.41. The number of rotatable bonds is 4. The van der Waals surface area contributed by atoms with E-state index in [1.54, 1.807) is 5.32 Å². The Hall–Kier alpha value is -2.46. The number of hydrogen-bond donors (Lipinski definition) is 2. The quantitative estimate of drug-likeness (QED) is 0.640. The minimum Gasteiger partial charge on any atom is -0.465 e. The maximum atomic E-state index is 12.7. The molecule has 0 bridgehead atoms. The molecule has 0 aliphatic heterocycles. The van der Waals surface area contributed by atoms with Crippen LogP contribution in [0.5, 0.6) is 0 Å². The molecule has 5 nitrogen and oxygen atoms in total. The van der Waals surface area contributed by atoms with Crippen molar-refractivity contribution in [2.75, 3.05) is 18.5 Å². The van der Waals surface area contributed by atoms with Crippen molar-refractivity contribution in [3.05, 3.63) is 29.3 Å². The molecule has 0 spiro atoms. The molecule has 2 amide bonds. The predicted molar refractivity (Wildman–Crippen MR) is 70.1 cm³/mol. The number of nitrogens with one attached hydrogen (secondary N) is 2. The summed E-state index contributed by atoms with van der Waals surface area (Å²) in [6, 6.07) is -0.532. The summed E-state index contributed by atoms with van der Waals surface area (Å²) >= 11 is 0. The third-order valence-electron chi connectivity index (χ3n) is 2.54. The molecule has 0 unspecified atom stereocenters. The van der Waals surface area contributed by atoms with Gasteiger partial charge >= 0.3 is 24.4 Å². The Morgan fingerprint density at radius 1 is 1.00 bits per heavy atom. The highest BCUT2D eigenvalue weighted by atomic mass is 19.4. The van der Waals surface area contributed by atoms with Gasteiger partial charge in [-0.15, -0.1) is 0 Å². The van der Waals surface area contributed by atoms with Gasteiger partial charge in [-0.2, -0.15) is 26.3 Å². The van der Waals surface area contributed by atoms with E-state index in [0.29, 0.717) is 12.1 Å². The van der Waals surface area contributed by atoms with Gasteiger partial charge in [-0.05, 0) is 25.1 Å². The zero-order valence-corrected chi connectivity index (χ0v) is 12.1. The van der Waals surface area contributed by atoms with Crippen LogP contribution in [0.2, 0.25) is 0 Å². The second-order valence-electron chi connectivity index (χ2n) is 4.41. The van der Waals surface area contributed by atoms with Gasteiger partial charge in [0.25, 0.3) is 0 Å². The summed E-state index contributed by atoms with van der Waals surface area (Å²) in [6.45, 7) is 0.967. The number of halogens is 6. The standard InChI is InChI=1S/C13H12F6N2O3/c1-2-24-10(22)6-20-11(23)21-9-4-7(12(14,15)16)3-8(5-9)13(17,18)19/h3-5H,2,6H2,1H3,(H2,20,21,23). The third kappa shape index (κ3) is 5.97. The lowest BCUT2D eigenvalue weighted by Crippen LogP contribution is -2.34. The average molecular weight is 358 g/mol. The molecule has 0 radical (unpaired) electrons. The van der Waals surface area contributed by atoms with Crippen LogP contribution in [0.4, 0.5) is 36.8 Å². The van der Waals surface area contributed by atoms with Gasteiger partial charge in [-0.1, -0.05) is 0 Å². The van der Waals surface area contributed by atoms with Crippen LogP contribution in [-0.4, -0.2) is 25.2 Å². The normalized spacial score (nSPS) is 11.8. The van der Waals surface area contributed by atoms with Crippen LogP contribution >= 0.6 is 0 Å². The monoisotopic (exact) mass is 358 g/mol. The maximum Gasteiger partial charge on any atom is 0.416 e. The van der Waals surface area contributed by atoms with Crippen LogP contribution in [0, 0.1) is 0 Å². The van der Waals surface area contributed by atoms with E-state index in [1.807, 2.05) is 5.32 Å². The summed E-state index contributed by atoms with van der Waals surface area (Å²) in [5.41, 5.74) is -3.87. The SMILES string of the molecule is CCOC(=O)CNC(=O)Nc1cc(C(F)(F)F)cc(C(F)(F)F)c1. The molecule has 0 atom stereocenters. The number of amides is 2. The highest BCUT2D eigenvalue weighted by Gasteiger charge is 2.37. The number of hydrogen-bond acceptors (Lipinski definition) is 3. The van der Waals surface area contributed by atoms with Crippen molar-refractivity contribution in [2.45, 2.75) is 19.3 Å². The average Bonchev–Trinajstić information content (AvgIpc) is 2.43. The van der Waals surface area contributed by atoms with Crippen molar-refractivity contribution in [3.8, 4) is 0 Å². The Balaban J connectivity index is 2.94. The van der Waals surface area contributed by atoms with E-state index in [1.165, 1.54) is 6.92 Å². The van der Waals surface area contributed by atoms with Crippen LogP contribution < -0.4 is 10.6 Å². The number of anilines is 1. The highest BCUT2D eigenvalue weighted by molar-refractivity contribution is 5.91. The molecule has 1 aromatic carbocycles. The number of carbonyl (C=O) groups is 2. The van der Waals surface area contributed by atoms with E-state index < -0.39 is 47.7 Å². The van der Waals surface area contributed by atoms with Gasteiger partial charge in [-0.3, -0.25) is 4.79 Å². The molecule has 1 rings (SSSR count). The highest BCUT2D eigenvalue weighted by Crippen LogP contribution is 2.37. The van der Waals surface area contributed by atoms with Gasteiger partial charge in [-0.25, -0.2) is 4.79 Å². The first kappa shape index (κ1) is 19.6. The molecule has 24 heavy (non-hydrogen) atoms. The Morgan fingerprint density at radius 2 is 1.50 bits per heavy atom. The van der Waals surface area contributed by atoms with E-state index in [2.05, 4.69) is 4.74 Å². The maximum absolute atomic E-state index is 12.7. The van der Waals surface area contributed by atoms with E-state index in [9.17, 15) is 35.9 Å². The first-order valence-corrected chi connectivity index (χ1v) is 6.43. The van der Waals surface area contributed by atoms with Gasteiger partial charge in [0, 0.05) is 5.69 Å². The van der Waals surface area contributed by atoms with Gasteiger partial charge in [0.05, 0.1) is 17.7 Å². The molecule has 0 aliphatic rings. The Labute approximate surface area is 132 Å². The predicted octanol–water partition coefficient (Wildman–Crippen LogP) is 3.41. The fourth-order valence-electron chi connectivity index (χ4n) is 1.57. The molecule has 11 heteroatoms. The summed E-state index contributed by atoms with van der Waals surface area (Å²) in [7, 11) is 0. The number of benzene rings is 1. The fraction of sp³-hybridized carbons (Fsp3) is 0.385. The Kier molecular flexibility index (Phi) is 6.04.